The van der Waals surface area contributed by atoms with E-state index in [0.29, 0.717) is 0 Å². The minimum Gasteiger partial charge on any atom is -0.327 e. The van der Waals surface area contributed by atoms with Crippen LogP contribution in [0.15, 0.2) is 33.8 Å². The van der Waals surface area contributed by atoms with E-state index in [0.717, 1.165) is 9.96 Å². The Balaban J connectivity index is 0.000000550. The van der Waals surface area contributed by atoms with Crippen molar-refractivity contribution < 1.29 is 0 Å². The summed E-state index contributed by atoms with van der Waals surface area (Å²) < 4.78 is 3.15. The minimum atomic E-state index is 0.922. The summed E-state index contributed by atoms with van der Waals surface area (Å²) in [6.07, 6.45) is 1.25. The number of benzene rings is 1. The van der Waals surface area contributed by atoms with E-state index in [1.54, 1.807) is 7.05 Å². The van der Waals surface area contributed by atoms with Gasteiger partial charge in [0.2, 0.25) is 0 Å². The Morgan fingerprint density at radius 3 is 2.47 bits per heavy atom. The van der Waals surface area contributed by atoms with Gasteiger partial charge in [0.1, 0.15) is 0 Å². The predicted octanol–water partition coefficient (Wildman–Crippen LogP) is 3.70. The van der Waals surface area contributed by atoms with E-state index in [1.807, 2.05) is 7.05 Å². The third-order valence-electron chi connectivity index (χ3n) is 2.66. The van der Waals surface area contributed by atoms with E-state index < -0.39 is 0 Å². The van der Waals surface area contributed by atoms with Gasteiger partial charge in [0, 0.05) is 24.0 Å². The lowest BCUT2D eigenvalue weighted by Gasteiger charge is -2.09. The normalized spacial score (nSPS) is 11.2. The number of nitrogens with zero attached hydrogens (tertiary/aromatic N) is 2. The van der Waals surface area contributed by atoms with E-state index in [4.69, 9.17) is 0 Å². The lowest BCUT2D eigenvalue weighted by molar-refractivity contribution is 0.774. The Morgan fingerprint density at radius 2 is 1.89 bits per heavy atom. The monoisotopic (exact) mass is 323 g/mol. The van der Waals surface area contributed by atoms with Crippen LogP contribution in [0.1, 0.15) is 25.8 Å². The molecule has 0 aliphatic carbocycles. The Hall–Kier alpha value is -1.29. The summed E-state index contributed by atoms with van der Waals surface area (Å²) >= 11 is 3.50. The van der Waals surface area contributed by atoms with Crippen LogP contribution in [0.3, 0.4) is 0 Å². The second-order valence-electron chi connectivity index (χ2n) is 4.45. The van der Waals surface area contributed by atoms with Crippen molar-refractivity contribution in [2.75, 3.05) is 7.05 Å². The number of nitrogens with one attached hydrogen (secondary N) is 1. The van der Waals surface area contributed by atoms with Crippen LogP contribution in [0.4, 0.5) is 0 Å². The molecule has 0 unspecified atom stereocenters. The van der Waals surface area contributed by atoms with Crippen LogP contribution in [-0.2, 0) is 7.05 Å². The maximum Gasteiger partial charge on any atom is 0.152 e. The summed E-state index contributed by atoms with van der Waals surface area (Å²) in [6, 6.07) is 8.37. The lowest BCUT2D eigenvalue weighted by Crippen LogP contribution is -2.21. The van der Waals surface area contributed by atoms with Crippen LogP contribution in [0.5, 0.6) is 0 Å². The van der Waals surface area contributed by atoms with Crippen molar-refractivity contribution in [2.45, 2.75) is 27.2 Å². The zero-order chi connectivity index (χ0) is 14.4. The highest BCUT2D eigenvalue weighted by molar-refractivity contribution is 9.10. The van der Waals surface area contributed by atoms with Gasteiger partial charge in [0.15, 0.2) is 5.49 Å². The van der Waals surface area contributed by atoms with Gasteiger partial charge in [-0.1, -0.05) is 42.3 Å². The fourth-order valence-electron chi connectivity index (χ4n) is 1.83. The molecule has 1 aromatic carbocycles. The van der Waals surface area contributed by atoms with Crippen molar-refractivity contribution in [1.82, 2.24) is 9.99 Å². The minimum absolute atomic E-state index is 0.922. The van der Waals surface area contributed by atoms with Crippen molar-refractivity contribution in [1.29, 1.82) is 0 Å². The predicted molar refractivity (Wildman–Crippen MR) is 85.9 cm³/mol. The molecular formula is C15H22BrN3. The highest BCUT2D eigenvalue weighted by atomic mass is 79.9. The van der Waals surface area contributed by atoms with Gasteiger partial charge in [-0.2, -0.15) is 5.10 Å². The quantitative estimate of drug-likeness (QED) is 0.796. The van der Waals surface area contributed by atoms with Crippen LogP contribution in [0.25, 0.3) is 10.9 Å². The van der Waals surface area contributed by atoms with E-state index in [1.165, 1.54) is 22.9 Å². The molecule has 0 bridgehead atoms. The largest absolute Gasteiger partial charge is 0.327 e. The summed E-state index contributed by atoms with van der Waals surface area (Å²) in [5.74, 6) is 0. The molecular weight excluding hydrogens is 302 g/mol. The number of aromatic nitrogens is 1. The standard InChI is InChI=1S/C12H14BrN3.C3H8/c1-8-6-12(15-14-2)16(3)11-7-9(13)4-5-10(8)11;1-3-2/h4-7,14H,1-3H3;3H2,1-2H3/b15-12-;. The first-order valence-corrected chi connectivity index (χ1v) is 7.30. The molecule has 0 saturated heterocycles. The Morgan fingerprint density at radius 1 is 1.26 bits per heavy atom. The molecule has 0 atom stereocenters. The molecule has 2 aromatic rings. The van der Waals surface area contributed by atoms with Crippen molar-refractivity contribution >= 4 is 26.8 Å². The number of pyridine rings is 1. The Kier molecular flexibility index (Phi) is 6.09. The molecule has 0 amide bonds. The van der Waals surface area contributed by atoms with E-state index in [2.05, 4.69) is 76.1 Å². The van der Waals surface area contributed by atoms with Crippen LogP contribution >= 0.6 is 15.9 Å². The summed E-state index contributed by atoms with van der Waals surface area (Å²) in [6.45, 7) is 6.35. The van der Waals surface area contributed by atoms with Gasteiger partial charge in [0.05, 0.1) is 5.52 Å². The number of halogens is 1. The fourth-order valence-corrected chi connectivity index (χ4v) is 2.18. The first-order chi connectivity index (χ1) is 9.04. The first-order valence-electron chi connectivity index (χ1n) is 6.51. The maximum absolute atomic E-state index is 4.24. The average molecular weight is 324 g/mol. The number of aryl methyl sites for hydroxylation is 2. The van der Waals surface area contributed by atoms with Gasteiger partial charge in [-0.05, 0) is 30.7 Å². The number of hydrogen-bond donors (Lipinski definition) is 1. The SMILES string of the molecule is CCC.CN/N=c1/cc(C)c2ccc(Br)cc2n1C. The first kappa shape index (κ1) is 15.8. The van der Waals surface area contributed by atoms with Crippen LogP contribution < -0.4 is 10.9 Å². The number of hydrogen-bond acceptors (Lipinski definition) is 2. The molecule has 1 heterocycles. The molecule has 0 fully saturated rings. The summed E-state index contributed by atoms with van der Waals surface area (Å²) in [5, 5.41) is 5.50. The van der Waals surface area contributed by atoms with Crippen LogP contribution in [-0.4, -0.2) is 11.6 Å². The summed E-state index contributed by atoms with van der Waals surface area (Å²) in [5.41, 5.74) is 6.15. The highest BCUT2D eigenvalue weighted by Crippen LogP contribution is 2.20. The molecule has 19 heavy (non-hydrogen) atoms. The van der Waals surface area contributed by atoms with Gasteiger partial charge in [-0.25, -0.2) is 0 Å². The molecule has 3 nitrogen and oxygen atoms in total. The van der Waals surface area contributed by atoms with Gasteiger partial charge in [-0.3, -0.25) is 0 Å². The number of rotatable bonds is 1. The second-order valence-corrected chi connectivity index (χ2v) is 5.36. The molecule has 4 heteroatoms. The molecule has 0 saturated carbocycles. The van der Waals surface area contributed by atoms with Gasteiger partial charge in [0.25, 0.3) is 0 Å². The van der Waals surface area contributed by atoms with Gasteiger partial charge in [-0.15, -0.1) is 0 Å². The highest BCUT2D eigenvalue weighted by Gasteiger charge is 2.02. The molecule has 0 spiro atoms. The average Bonchev–Trinajstić information content (AvgIpc) is 2.36. The molecule has 0 radical (unpaired) electrons. The van der Waals surface area contributed by atoms with Crippen molar-refractivity contribution in [3.05, 3.63) is 39.8 Å². The van der Waals surface area contributed by atoms with Crippen LogP contribution in [0, 0.1) is 6.92 Å². The van der Waals surface area contributed by atoms with Crippen LogP contribution in [0.2, 0.25) is 0 Å². The molecule has 1 aromatic heterocycles. The zero-order valence-electron chi connectivity index (χ0n) is 12.3. The molecule has 2 rings (SSSR count). The van der Waals surface area contributed by atoms with E-state index in [-0.39, 0.29) is 0 Å². The van der Waals surface area contributed by atoms with Crippen molar-refractivity contribution in [3.63, 3.8) is 0 Å². The van der Waals surface area contributed by atoms with Crippen molar-refractivity contribution in [3.8, 4) is 0 Å². The maximum atomic E-state index is 4.24. The van der Waals surface area contributed by atoms with E-state index in [9.17, 15) is 0 Å². The topological polar surface area (TPSA) is 29.3 Å². The molecule has 0 aliphatic rings. The van der Waals surface area contributed by atoms with Crippen molar-refractivity contribution in [2.24, 2.45) is 12.1 Å². The fraction of sp³-hybridized carbons (Fsp3) is 0.400. The molecule has 104 valence electrons. The van der Waals surface area contributed by atoms with Gasteiger partial charge < -0.3 is 9.99 Å². The zero-order valence-corrected chi connectivity index (χ0v) is 13.9. The summed E-state index contributed by atoms with van der Waals surface area (Å²) in [7, 11) is 3.82. The number of fused-ring (bicyclic) bond motifs is 1. The van der Waals surface area contributed by atoms with Gasteiger partial charge >= 0.3 is 0 Å². The Labute approximate surface area is 123 Å². The lowest BCUT2D eigenvalue weighted by atomic mass is 10.1. The third-order valence-corrected chi connectivity index (χ3v) is 3.15. The smallest absolute Gasteiger partial charge is 0.152 e. The third kappa shape index (κ3) is 3.83. The summed E-state index contributed by atoms with van der Waals surface area (Å²) in [4.78, 5) is 0. The molecule has 0 aliphatic heterocycles. The Bertz CT molecular complexity index is 615. The second kappa shape index (κ2) is 7.34. The molecule has 1 N–H and O–H groups in total. The van der Waals surface area contributed by atoms with E-state index >= 15 is 0 Å².